The molecule has 2 aliphatic carbocycles. The molecule has 0 saturated heterocycles. The van der Waals surface area contributed by atoms with Gasteiger partial charge in [-0.15, -0.1) is 19.7 Å². The Morgan fingerprint density at radius 3 is 2.02 bits per heavy atom. The van der Waals surface area contributed by atoms with Crippen molar-refractivity contribution in [2.45, 2.75) is 33.1 Å². The van der Waals surface area contributed by atoms with Crippen LogP contribution in [0.1, 0.15) is 50.0 Å². The van der Waals surface area contributed by atoms with Gasteiger partial charge in [-0.1, -0.05) is 159 Å². The second kappa shape index (κ2) is 20.2. The standard InChI is InChI=1S/C52H35NO.C6H10O.C3H6.C2H4/c1-33-12-10-21-49-51(33)44-19-11-17-36(32-50(44)54-49)39-25-27-48-46(31-39)43-18-8-9-20-47(43)53(48)52-42-26-24-37(34-13-4-2-5-14-34)28-41(42)29-40-23-22-38(30-45(40)52)35-15-6-3-7-16-35;1-4-5-6(2)7-3;1-3-2;1-2/h2-11,13-31,33H,12H2,1H3;4-5H,2H2,1,3H3;3H,1H2,2H3;1-2H2/b;5-4-;;. The molecule has 0 aliphatic heterocycles. The number of fused-ring (bicyclic) bond motifs is 8. The smallest absolute Gasteiger partial charge is 0.177 e. The van der Waals surface area contributed by atoms with Crippen molar-refractivity contribution < 1.29 is 9.15 Å². The molecule has 3 nitrogen and oxygen atoms in total. The van der Waals surface area contributed by atoms with Crippen molar-refractivity contribution in [3.8, 4) is 27.9 Å². The van der Waals surface area contributed by atoms with Gasteiger partial charge >= 0.3 is 0 Å². The Morgan fingerprint density at radius 1 is 0.682 bits per heavy atom. The maximum atomic E-state index is 6.42. The van der Waals surface area contributed by atoms with Gasteiger partial charge in [0.2, 0.25) is 0 Å². The summed E-state index contributed by atoms with van der Waals surface area (Å²) in [6, 6.07) is 53.3. The first kappa shape index (κ1) is 44.5. The van der Waals surface area contributed by atoms with Crippen molar-refractivity contribution in [2.75, 3.05) is 7.11 Å². The number of rotatable bonds is 6. The van der Waals surface area contributed by atoms with E-state index >= 15 is 0 Å². The molecule has 2 heterocycles. The van der Waals surface area contributed by atoms with Crippen LogP contribution in [0.4, 0.5) is 0 Å². The van der Waals surface area contributed by atoms with Gasteiger partial charge in [0.25, 0.3) is 0 Å². The fourth-order valence-electron chi connectivity index (χ4n) is 9.03. The molecule has 2 aromatic heterocycles. The van der Waals surface area contributed by atoms with Crippen LogP contribution in [0.25, 0.3) is 94.7 Å². The Balaban J connectivity index is 0.000000445. The number of allylic oxidation sites excluding steroid dienone is 7. The lowest BCUT2D eigenvalue weighted by atomic mass is 9.92. The molecule has 0 amide bonds. The largest absolute Gasteiger partial charge is 0.497 e. The number of nitrogens with zero attached hydrogens (tertiary/aromatic N) is 1. The van der Waals surface area contributed by atoms with Gasteiger partial charge < -0.3 is 13.7 Å². The van der Waals surface area contributed by atoms with E-state index < -0.39 is 0 Å². The van der Waals surface area contributed by atoms with E-state index in [1.54, 1.807) is 19.3 Å². The molecular formula is C63H55NO2. The number of methoxy groups -OCH3 is 1. The Morgan fingerprint density at radius 2 is 1.32 bits per heavy atom. The molecule has 66 heavy (non-hydrogen) atoms. The molecule has 0 bridgehead atoms. The van der Waals surface area contributed by atoms with Crippen LogP contribution in [0.3, 0.4) is 0 Å². The fourth-order valence-corrected chi connectivity index (χ4v) is 9.03. The lowest BCUT2D eigenvalue weighted by Crippen LogP contribution is -2.23. The molecule has 1 atom stereocenters. The van der Waals surface area contributed by atoms with Crippen molar-refractivity contribution in [3.05, 3.63) is 242 Å². The van der Waals surface area contributed by atoms with Gasteiger partial charge in [-0.25, -0.2) is 0 Å². The molecule has 0 fully saturated rings. The summed E-state index contributed by atoms with van der Waals surface area (Å²) in [4.78, 5) is 0. The Labute approximate surface area is 388 Å². The lowest BCUT2D eigenvalue weighted by molar-refractivity contribution is 0.309. The van der Waals surface area contributed by atoms with Gasteiger partial charge in [0.05, 0.1) is 23.8 Å². The maximum absolute atomic E-state index is 6.42. The minimum Gasteiger partial charge on any atom is -0.497 e. The van der Waals surface area contributed by atoms with Crippen LogP contribution in [0.5, 0.6) is 0 Å². The third-order valence-electron chi connectivity index (χ3n) is 12.0. The van der Waals surface area contributed by atoms with E-state index in [1.165, 1.54) is 76.9 Å². The summed E-state index contributed by atoms with van der Waals surface area (Å²) in [5.41, 5.74) is 16.3. The van der Waals surface area contributed by atoms with E-state index in [4.69, 9.17) is 9.15 Å². The van der Waals surface area contributed by atoms with Gasteiger partial charge in [0.15, 0.2) is 5.42 Å². The number of benzene rings is 7. The maximum Gasteiger partial charge on any atom is 0.177 e. The molecule has 0 saturated carbocycles. The van der Waals surface area contributed by atoms with Crippen LogP contribution >= 0.6 is 0 Å². The van der Waals surface area contributed by atoms with E-state index in [0.717, 1.165) is 34.0 Å². The quantitative estimate of drug-likeness (QED) is 0.0721. The predicted octanol–water partition coefficient (Wildman–Crippen LogP) is 16.1. The van der Waals surface area contributed by atoms with Gasteiger partial charge in [-0.3, -0.25) is 0 Å². The molecule has 3 heteroatoms. The molecular weight excluding hydrogens is 803 g/mol. The van der Waals surface area contributed by atoms with E-state index in [-0.39, 0.29) is 0 Å². The molecule has 9 aromatic rings. The number of aromatic nitrogens is 1. The zero-order chi connectivity index (χ0) is 46.2. The topological polar surface area (TPSA) is 27.3 Å². The third kappa shape index (κ3) is 8.73. The van der Waals surface area contributed by atoms with E-state index in [0.29, 0.717) is 11.7 Å². The van der Waals surface area contributed by atoms with Crippen LogP contribution < -0.4 is 10.6 Å². The van der Waals surface area contributed by atoms with Crippen LogP contribution in [0.15, 0.2) is 219 Å². The summed E-state index contributed by atoms with van der Waals surface area (Å²) in [6.07, 6.45) is 17.3. The van der Waals surface area contributed by atoms with Gasteiger partial charge in [-0.05, 0) is 119 Å². The fraction of sp³-hybridized carbons (Fsp3) is 0.0952. The monoisotopic (exact) mass is 857 g/mol. The highest BCUT2D eigenvalue weighted by molar-refractivity contribution is 6.16. The summed E-state index contributed by atoms with van der Waals surface area (Å²) in [5, 5.41) is 8.45. The second-order valence-corrected chi connectivity index (χ2v) is 16.2. The number of ether oxygens (including phenoxy) is 1. The molecule has 324 valence electrons. The van der Waals surface area contributed by atoms with E-state index in [1.807, 2.05) is 19.9 Å². The highest BCUT2D eigenvalue weighted by Crippen LogP contribution is 2.41. The number of hydrogen-bond acceptors (Lipinski definition) is 2. The van der Waals surface area contributed by atoms with Crippen molar-refractivity contribution in [2.24, 2.45) is 0 Å². The number of para-hydroxylation sites is 1. The average Bonchev–Trinajstić information content (AvgIpc) is 3.80. The van der Waals surface area contributed by atoms with Crippen LogP contribution in [0.2, 0.25) is 0 Å². The lowest BCUT2D eigenvalue weighted by Gasteiger charge is -2.17. The summed E-state index contributed by atoms with van der Waals surface area (Å²) < 4.78 is 13.6. The minimum absolute atomic E-state index is 0.423. The molecule has 1 unspecified atom stereocenters. The molecule has 11 rings (SSSR count). The molecule has 0 radical (unpaired) electrons. The molecule has 0 N–H and O–H groups in total. The zero-order valence-electron chi connectivity index (χ0n) is 38.4. The number of hydrogen-bond donors (Lipinski definition) is 0. The molecule has 7 aromatic carbocycles. The van der Waals surface area contributed by atoms with Gasteiger partial charge in [-0.2, -0.15) is 0 Å². The summed E-state index contributed by atoms with van der Waals surface area (Å²) in [5.74, 6) is 2.08. The zero-order valence-corrected chi connectivity index (χ0v) is 38.4. The summed E-state index contributed by atoms with van der Waals surface area (Å²) in [7, 11) is 1.60. The van der Waals surface area contributed by atoms with Crippen molar-refractivity contribution in [3.63, 3.8) is 0 Å². The minimum atomic E-state index is 0.423. The summed E-state index contributed by atoms with van der Waals surface area (Å²) in [6.45, 7) is 19.0. The Hall–Kier alpha value is -8.10. The number of furan rings is 1. The second-order valence-electron chi connectivity index (χ2n) is 16.2. The predicted molar refractivity (Wildman–Crippen MR) is 285 cm³/mol. The van der Waals surface area contributed by atoms with E-state index in [2.05, 4.69) is 220 Å². The normalized spacial score (nSPS) is 13.4. The van der Waals surface area contributed by atoms with Crippen LogP contribution in [-0.2, 0) is 4.74 Å². The molecule has 0 spiro atoms. The van der Waals surface area contributed by atoms with Gasteiger partial charge in [0.1, 0.15) is 11.5 Å². The van der Waals surface area contributed by atoms with Crippen molar-refractivity contribution >= 4 is 66.8 Å². The van der Waals surface area contributed by atoms with Crippen LogP contribution in [0, 0.1) is 0 Å². The van der Waals surface area contributed by atoms with Crippen LogP contribution in [-0.4, -0.2) is 11.7 Å². The first-order chi connectivity index (χ1) is 32.4. The first-order valence-corrected chi connectivity index (χ1v) is 22.5. The molecule has 2 aliphatic rings. The SMILES string of the molecule is C=C.C=C(/C=C\C)OC.C=CC.CC1CC=Cc2oc3c(c21)=CC=CC(c1ccc2c(c1)c1ccccc1n2-c1c2ccc(-c4ccccc4)cc2cc2ccc(-c4ccccc4)cc12)=C=3. The third-order valence-corrected chi connectivity index (χ3v) is 12.0. The van der Waals surface area contributed by atoms with Gasteiger partial charge in [0, 0.05) is 37.9 Å². The Kier molecular flexibility index (Phi) is 13.6. The Bertz CT molecular complexity index is 3510. The van der Waals surface area contributed by atoms with Crippen molar-refractivity contribution in [1.29, 1.82) is 0 Å². The van der Waals surface area contributed by atoms with E-state index in [9.17, 15) is 0 Å². The average molecular weight is 858 g/mol. The van der Waals surface area contributed by atoms with Crippen molar-refractivity contribution in [1.82, 2.24) is 4.57 Å². The highest BCUT2D eigenvalue weighted by atomic mass is 16.5. The summed E-state index contributed by atoms with van der Waals surface area (Å²) >= 11 is 0. The first-order valence-electron chi connectivity index (χ1n) is 22.5. The highest BCUT2D eigenvalue weighted by Gasteiger charge is 2.21.